The highest BCUT2D eigenvalue weighted by molar-refractivity contribution is 5.73. The number of carbonyl (C=O) groups excluding carboxylic acids is 1. The Morgan fingerprint density at radius 3 is 2.55 bits per heavy atom. The first-order valence-corrected chi connectivity index (χ1v) is 13.8. The Labute approximate surface area is 237 Å². The molecule has 0 aliphatic carbocycles. The van der Waals surface area contributed by atoms with E-state index in [1.54, 1.807) is 25.1 Å². The van der Waals surface area contributed by atoms with Gasteiger partial charge in [-0.05, 0) is 68.1 Å². The second-order valence-electron chi connectivity index (χ2n) is 10.8. The zero-order valence-corrected chi connectivity index (χ0v) is 24.4. The van der Waals surface area contributed by atoms with Gasteiger partial charge in [-0.3, -0.25) is 9.69 Å². The van der Waals surface area contributed by atoms with Crippen molar-refractivity contribution in [1.29, 1.82) is 0 Å². The number of nitrogens with zero attached hydrogens (tertiary/aromatic N) is 4. The Balaban J connectivity index is 1.42. The van der Waals surface area contributed by atoms with Gasteiger partial charge in [0.25, 0.3) is 0 Å². The first-order chi connectivity index (χ1) is 19.2. The van der Waals surface area contributed by atoms with E-state index >= 15 is 0 Å². The molecule has 40 heavy (non-hydrogen) atoms. The van der Waals surface area contributed by atoms with Crippen molar-refractivity contribution in [3.8, 4) is 17.2 Å². The molecule has 1 amide bonds. The summed E-state index contributed by atoms with van der Waals surface area (Å²) < 4.78 is 19.8. The van der Waals surface area contributed by atoms with Gasteiger partial charge in [-0.1, -0.05) is 12.1 Å². The molecule has 1 atom stereocenters. The van der Waals surface area contributed by atoms with Crippen molar-refractivity contribution in [2.75, 3.05) is 46.5 Å². The molecule has 2 aromatic carbocycles. The number of rotatable bonds is 11. The molecule has 0 unspecified atom stereocenters. The molecule has 2 heterocycles. The molecule has 1 aliphatic rings. The van der Waals surface area contributed by atoms with Crippen molar-refractivity contribution in [2.45, 2.75) is 52.8 Å². The maximum atomic E-state index is 12.3. The molecule has 0 radical (unpaired) electrons. The molecule has 9 nitrogen and oxygen atoms in total. The SMILES string of the molecule is COc1ccc(CN2CCN(C(C)=O)C[C@@](O)(COc3ccc(C)c(C)c3)C2)cc1OCCCn1ccnc1C. The van der Waals surface area contributed by atoms with E-state index in [-0.39, 0.29) is 19.1 Å². The fourth-order valence-corrected chi connectivity index (χ4v) is 5.01. The third-order valence-electron chi connectivity index (χ3n) is 7.48. The predicted octanol–water partition coefficient (Wildman–Crippen LogP) is 3.76. The fraction of sp³-hybridized carbons (Fsp3) is 0.484. The van der Waals surface area contributed by atoms with Crippen LogP contribution in [0.1, 0.15) is 35.9 Å². The van der Waals surface area contributed by atoms with Gasteiger partial charge < -0.3 is 28.8 Å². The van der Waals surface area contributed by atoms with Crippen LogP contribution in [0.3, 0.4) is 0 Å². The zero-order valence-electron chi connectivity index (χ0n) is 24.4. The lowest BCUT2D eigenvalue weighted by Gasteiger charge is -2.33. The molecular weight excluding hydrogens is 508 g/mol. The van der Waals surface area contributed by atoms with Crippen molar-refractivity contribution >= 4 is 5.91 Å². The highest BCUT2D eigenvalue weighted by Gasteiger charge is 2.37. The second kappa shape index (κ2) is 13.2. The highest BCUT2D eigenvalue weighted by Crippen LogP contribution is 2.29. The summed E-state index contributed by atoms with van der Waals surface area (Å²) in [5.74, 6) is 3.01. The maximum absolute atomic E-state index is 12.3. The van der Waals surface area contributed by atoms with Crippen LogP contribution in [0.25, 0.3) is 0 Å². The second-order valence-corrected chi connectivity index (χ2v) is 10.8. The van der Waals surface area contributed by atoms with E-state index in [2.05, 4.69) is 21.4 Å². The van der Waals surface area contributed by atoms with Gasteiger partial charge in [0.2, 0.25) is 5.91 Å². The number of aliphatic hydroxyl groups is 1. The van der Waals surface area contributed by atoms with Crippen molar-refractivity contribution in [3.05, 3.63) is 71.3 Å². The molecule has 1 fully saturated rings. The molecule has 9 heteroatoms. The number of ether oxygens (including phenoxy) is 3. The van der Waals surface area contributed by atoms with Gasteiger partial charge in [-0.25, -0.2) is 4.98 Å². The van der Waals surface area contributed by atoms with Gasteiger partial charge in [-0.2, -0.15) is 0 Å². The van der Waals surface area contributed by atoms with Crippen LogP contribution in [0, 0.1) is 20.8 Å². The van der Waals surface area contributed by atoms with Gasteiger partial charge >= 0.3 is 0 Å². The normalized spacial score (nSPS) is 17.9. The molecule has 1 aromatic heterocycles. The standard InChI is InChI=1S/C31H42N4O5/c1-23-7-9-28(17-24(23)2)40-22-31(37)20-33(14-15-35(21-31)26(4)36)19-27-8-10-29(38-5)30(18-27)39-16-6-12-34-13-11-32-25(34)3/h7-11,13,17-18,37H,6,12,14-16,19-22H2,1-5H3/t31-/m1/s1. The number of imidazole rings is 1. The molecule has 0 bridgehead atoms. The average Bonchev–Trinajstić information content (AvgIpc) is 3.25. The topological polar surface area (TPSA) is 89.3 Å². The predicted molar refractivity (Wildman–Crippen MR) is 154 cm³/mol. The lowest BCUT2D eigenvalue weighted by Crippen LogP contribution is -2.51. The third-order valence-corrected chi connectivity index (χ3v) is 7.48. The lowest BCUT2D eigenvalue weighted by molar-refractivity contribution is -0.132. The Morgan fingerprint density at radius 2 is 1.85 bits per heavy atom. The zero-order chi connectivity index (χ0) is 28.7. The van der Waals surface area contributed by atoms with Crippen LogP contribution in [0.4, 0.5) is 0 Å². The van der Waals surface area contributed by atoms with Crippen molar-refractivity contribution in [2.24, 2.45) is 0 Å². The molecule has 1 N–H and O–H groups in total. The number of methoxy groups -OCH3 is 1. The van der Waals surface area contributed by atoms with Crippen LogP contribution >= 0.6 is 0 Å². The largest absolute Gasteiger partial charge is 0.493 e. The van der Waals surface area contributed by atoms with E-state index in [0.717, 1.165) is 29.9 Å². The molecule has 3 aromatic rings. The highest BCUT2D eigenvalue weighted by atomic mass is 16.5. The van der Waals surface area contributed by atoms with Gasteiger partial charge in [0.15, 0.2) is 11.5 Å². The summed E-state index contributed by atoms with van der Waals surface area (Å²) in [6, 6.07) is 11.8. The number of benzene rings is 2. The number of β-amino-alcohol motifs (C(OH)–C–C–N with tert-alkyl or cyclic N) is 1. The number of hydrogen-bond donors (Lipinski definition) is 1. The summed E-state index contributed by atoms with van der Waals surface area (Å²) in [5, 5.41) is 11.7. The number of hydrogen-bond acceptors (Lipinski definition) is 7. The molecule has 216 valence electrons. The minimum Gasteiger partial charge on any atom is -0.493 e. The Morgan fingerprint density at radius 1 is 1.02 bits per heavy atom. The lowest BCUT2D eigenvalue weighted by atomic mass is 10.0. The van der Waals surface area contributed by atoms with Crippen LogP contribution < -0.4 is 14.2 Å². The molecule has 1 aliphatic heterocycles. The number of amides is 1. The summed E-state index contributed by atoms with van der Waals surface area (Å²) >= 11 is 0. The van der Waals surface area contributed by atoms with E-state index in [0.29, 0.717) is 50.0 Å². The Kier molecular flexibility index (Phi) is 9.71. The summed E-state index contributed by atoms with van der Waals surface area (Å²) in [7, 11) is 1.64. The van der Waals surface area contributed by atoms with E-state index in [9.17, 15) is 9.90 Å². The van der Waals surface area contributed by atoms with Crippen LogP contribution in [-0.2, 0) is 17.9 Å². The molecule has 1 saturated heterocycles. The van der Waals surface area contributed by atoms with Crippen LogP contribution in [-0.4, -0.2) is 82.5 Å². The van der Waals surface area contributed by atoms with Gasteiger partial charge in [-0.15, -0.1) is 0 Å². The summed E-state index contributed by atoms with van der Waals surface area (Å²) in [6.45, 7) is 11.4. The van der Waals surface area contributed by atoms with Gasteiger partial charge in [0.1, 0.15) is 23.8 Å². The van der Waals surface area contributed by atoms with Crippen molar-refractivity contribution in [3.63, 3.8) is 0 Å². The van der Waals surface area contributed by atoms with E-state index < -0.39 is 5.60 Å². The Hall–Kier alpha value is -3.56. The molecule has 0 saturated carbocycles. The minimum absolute atomic E-state index is 0.0579. The van der Waals surface area contributed by atoms with E-state index in [4.69, 9.17) is 14.2 Å². The number of aromatic nitrogens is 2. The molecular formula is C31H42N4O5. The van der Waals surface area contributed by atoms with Gasteiger partial charge in [0.05, 0.1) is 20.3 Å². The monoisotopic (exact) mass is 550 g/mol. The smallest absolute Gasteiger partial charge is 0.219 e. The minimum atomic E-state index is -1.22. The average molecular weight is 551 g/mol. The van der Waals surface area contributed by atoms with Crippen LogP contribution in [0.15, 0.2) is 48.8 Å². The van der Waals surface area contributed by atoms with E-state index in [1.807, 2.05) is 56.4 Å². The molecule has 0 spiro atoms. The summed E-state index contributed by atoms with van der Waals surface area (Å²) in [6.07, 6.45) is 4.61. The first kappa shape index (κ1) is 29.4. The van der Waals surface area contributed by atoms with Crippen LogP contribution in [0.2, 0.25) is 0 Å². The summed E-state index contributed by atoms with van der Waals surface area (Å²) in [4.78, 5) is 20.4. The van der Waals surface area contributed by atoms with Crippen molar-refractivity contribution < 1.29 is 24.1 Å². The number of aryl methyl sites for hydroxylation is 4. The number of carbonyl (C=O) groups is 1. The van der Waals surface area contributed by atoms with E-state index in [1.165, 1.54) is 5.56 Å². The first-order valence-electron chi connectivity index (χ1n) is 13.8. The fourth-order valence-electron chi connectivity index (χ4n) is 5.01. The quantitative estimate of drug-likeness (QED) is 0.364. The Bertz CT molecular complexity index is 1290. The van der Waals surface area contributed by atoms with Crippen molar-refractivity contribution in [1.82, 2.24) is 19.4 Å². The maximum Gasteiger partial charge on any atom is 0.219 e. The summed E-state index contributed by atoms with van der Waals surface area (Å²) in [5.41, 5.74) is 2.13. The molecule has 4 rings (SSSR count). The third kappa shape index (κ3) is 7.76. The van der Waals surface area contributed by atoms with Gasteiger partial charge in [0, 0.05) is 52.0 Å². The van der Waals surface area contributed by atoms with Crippen LogP contribution in [0.5, 0.6) is 17.2 Å².